The molecule has 1 amide bonds. The summed E-state index contributed by atoms with van der Waals surface area (Å²) < 4.78 is 29.5. The number of sulfone groups is 1. The molecule has 0 aromatic heterocycles. The van der Waals surface area contributed by atoms with E-state index in [-0.39, 0.29) is 35.1 Å². The molecule has 9 heteroatoms. The Morgan fingerprint density at radius 2 is 2.00 bits per heavy atom. The quantitative estimate of drug-likeness (QED) is 0.712. The number of halogens is 1. The fourth-order valence-electron chi connectivity index (χ4n) is 3.59. The molecule has 2 fully saturated rings. The van der Waals surface area contributed by atoms with Gasteiger partial charge in [-0.05, 0) is 23.8 Å². The molecule has 0 radical (unpaired) electrons. The van der Waals surface area contributed by atoms with E-state index in [0.29, 0.717) is 21.6 Å². The normalized spacial score (nSPS) is 23.9. The molecular weight excluding hydrogens is 432 g/mol. The number of fused-ring (bicyclic) bond motifs is 1. The maximum Gasteiger partial charge on any atom is 0.252 e. The number of hydrogen-bond donors (Lipinski definition) is 0. The van der Waals surface area contributed by atoms with Crippen LogP contribution in [-0.4, -0.2) is 49.4 Å². The maximum absolute atomic E-state index is 12.6. The number of nitrogens with zero attached hydrogens (tertiary/aromatic N) is 2. The summed E-state index contributed by atoms with van der Waals surface area (Å²) >= 11 is 7.63. The SMILES string of the molecule is COc1ccc(N2C(=NC(=O)Cc3ccccc3)S[C@@H]3CS(=O)(=O)C[C@H]32)cc1Cl. The maximum atomic E-state index is 12.6. The molecule has 0 saturated carbocycles. The van der Waals surface area contributed by atoms with Gasteiger partial charge in [0.05, 0.1) is 36.1 Å². The minimum atomic E-state index is -3.13. The summed E-state index contributed by atoms with van der Waals surface area (Å²) in [4.78, 5) is 18.7. The van der Waals surface area contributed by atoms with Crippen molar-refractivity contribution in [3.63, 3.8) is 0 Å². The first kappa shape index (κ1) is 20.3. The molecule has 2 atom stereocenters. The lowest BCUT2D eigenvalue weighted by molar-refractivity contribution is -0.117. The van der Waals surface area contributed by atoms with E-state index in [1.54, 1.807) is 18.2 Å². The molecular formula is C20H19ClN2O4S2. The highest BCUT2D eigenvalue weighted by atomic mass is 35.5. The number of amidine groups is 1. The van der Waals surface area contributed by atoms with Crippen LogP contribution in [0.15, 0.2) is 53.5 Å². The van der Waals surface area contributed by atoms with Gasteiger partial charge in [-0.3, -0.25) is 4.79 Å². The highest BCUT2D eigenvalue weighted by Crippen LogP contribution is 2.42. The molecule has 2 aliphatic rings. The van der Waals surface area contributed by atoms with Crippen LogP contribution in [0, 0.1) is 0 Å². The van der Waals surface area contributed by atoms with Gasteiger partial charge in [0.1, 0.15) is 5.75 Å². The van der Waals surface area contributed by atoms with Crippen molar-refractivity contribution in [2.45, 2.75) is 17.7 Å². The van der Waals surface area contributed by atoms with Crippen LogP contribution in [0.2, 0.25) is 5.02 Å². The van der Waals surface area contributed by atoms with E-state index in [9.17, 15) is 13.2 Å². The van der Waals surface area contributed by atoms with Crippen LogP contribution in [-0.2, 0) is 21.1 Å². The van der Waals surface area contributed by atoms with Crippen molar-refractivity contribution in [2.75, 3.05) is 23.5 Å². The van der Waals surface area contributed by atoms with Crippen LogP contribution < -0.4 is 9.64 Å². The Morgan fingerprint density at radius 3 is 2.69 bits per heavy atom. The number of hydrogen-bond acceptors (Lipinski definition) is 5. The third-order valence-electron chi connectivity index (χ3n) is 4.90. The van der Waals surface area contributed by atoms with Crippen molar-refractivity contribution in [1.29, 1.82) is 0 Å². The third kappa shape index (κ3) is 4.29. The summed E-state index contributed by atoms with van der Waals surface area (Å²) in [6.45, 7) is 0. The lowest BCUT2D eigenvalue weighted by Crippen LogP contribution is -2.37. The molecule has 0 N–H and O–H groups in total. The number of thioether (sulfide) groups is 1. The van der Waals surface area contributed by atoms with Gasteiger partial charge in [0.15, 0.2) is 15.0 Å². The molecule has 0 spiro atoms. The number of amides is 1. The lowest BCUT2D eigenvalue weighted by atomic mass is 10.1. The van der Waals surface area contributed by atoms with Gasteiger partial charge < -0.3 is 9.64 Å². The van der Waals surface area contributed by atoms with Gasteiger partial charge in [0.25, 0.3) is 5.91 Å². The number of methoxy groups -OCH3 is 1. The largest absolute Gasteiger partial charge is 0.495 e. The molecule has 2 aromatic rings. The van der Waals surface area contributed by atoms with Crippen LogP contribution in [0.5, 0.6) is 5.75 Å². The average Bonchev–Trinajstić information content (AvgIpc) is 3.13. The first-order valence-electron chi connectivity index (χ1n) is 9.01. The number of benzene rings is 2. The van der Waals surface area contributed by atoms with Crippen molar-refractivity contribution in [2.24, 2.45) is 4.99 Å². The number of aliphatic imine (C=N–C) groups is 1. The molecule has 0 unspecified atom stereocenters. The summed E-state index contributed by atoms with van der Waals surface area (Å²) in [6, 6.07) is 14.4. The molecule has 0 bridgehead atoms. The molecule has 2 aromatic carbocycles. The van der Waals surface area contributed by atoms with Gasteiger partial charge in [-0.1, -0.05) is 53.7 Å². The number of carbonyl (C=O) groups excluding carboxylic acids is 1. The van der Waals surface area contributed by atoms with Crippen molar-refractivity contribution in [1.82, 2.24) is 0 Å². The molecule has 2 heterocycles. The summed E-state index contributed by atoms with van der Waals surface area (Å²) in [5.74, 6) is 0.358. The van der Waals surface area contributed by atoms with Crippen molar-refractivity contribution >= 4 is 50.0 Å². The Morgan fingerprint density at radius 1 is 1.24 bits per heavy atom. The van der Waals surface area contributed by atoms with Gasteiger partial charge in [-0.25, -0.2) is 8.42 Å². The molecule has 2 aliphatic heterocycles. The second-order valence-corrected chi connectivity index (χ2v) is 10.7. The van der Waals surface area contributed by atoms with Crippen molar-refractivity contribution < 1.29 is 17.9 Å². The Balaban J connectivity index is 1.67. The van der Waals surface area contributed by atoms with Crippen molar-refractivity contribution in [3.8, 4) is 5.75 Å². The van der Waals surface area contributed by atoms with Gasteiger partial charge in [0, 0.05) is 10.9 Å². The smallest absolute Gasteiger partial charge is 0.252 e. The van der Waals surface area contributed by atoms with Gasteiger partial charge in [-0.2, -0.15) is 4.99 Å². The Kier molecular flexibility index (Phi) is 5.59. The Hall–Kier alpha value is -2.03. The Bertz CT molecular complexity index is 1070. The van der Waals surface area contributed by atoms with E-state index in [0.717, 1.165) is 5.56 Å². The van der Waals surface area contributed by atoms with E-state index in [2.05, 4.69) is 4.99 Å². The predicted molar refractivity (Wildman–Crippen MR) is 117 cm³/mol. The molecule has 6 nitrogen and oxygen atoms in total. The molecule has 152 valence electrons. The topological polar surface area (TPSA) is 76.0 Å². The molecule has 2 saturated heterocycles. The van der Waals surface area contributed by atoms with Gasteiger partial charge >= 0.3 is 0 Å². The zero-order chi connectivity index (χ0) is 20.6. The average molecular weight is 451 g/mol. The zero-order valence-corrected chi connectivity index (χ0v) is 18.0. The van der Waals surface area contributed by atoms with Crippen LogP contribution in [0.25, 0.3) is 0 Å². The number of carbonyl (C=O) groups is 1. The van der Waals surface area contributed by atoms with E-state index >= 15 is 0 Å². The Labute approximate surface area is 178 Å². The van der Waals surface area contributed by atoms with Crippen molar-refractivity contribution in [3.05, 3.63) is 59.1 Å². The zero-order valence-electron chi connectivity index (χ0n) is 15.6. The molecule has 4 rings (SSSR count). The minimum Gasteiger partial charge on any atom is -0.495 e. The second kappa shape index (κ2) is 8.01. The monoisotopic (exact) mass is 450 g/mol. The van der Waals surface area contributed by atoms with E-state index < -0.39 is 9.84 Å². The summed E-state index contributed by atoms with van der Waals surface area (Å²) in [7, 11) is -1.60. The van der Waals surface area contributed by atoms with Gasteiger partial charge in [0.2, 0.25) is 0 Å². The number of ether oxygens (including phenoxy) is 1. The highest BCUT2D eigenvalue weighted by Gasteiger charge is 2.49. The first-order valence-corrected chi connectivity index (χ1v) is 12.1. The number of anilines is 1. The fraction of sp³-hybridized carbons (Fsp3) is 0.300. The standard InChI is InChI=1S/C20H19ClN2O4S2/c1-27-17-8-7-14(10-15(17)21)23-16-11-29(25,26)12-18(16)28-20(23)22-19(24)9-13-5-3-2-4-6-13/h2-8,10,16,18H,9,11-12H2,1H3/t16-,18-/m1/s1. The molecule has 0 aliphatic carbocycles. The van der Waals surface area contributed by atoms with Gasteiger partial charge in [-0.15, -0.1) is 0 Å². The molecule has 29 heavy (non-hydrogen) atoms. The van der Waals surface area contributed by atoms with Crippen LogP contribution >= 0.6 is 23.4 Å². The third-order valence-corrected chi connectivity index (χ3v) is 8.40. The van der Waals surface area contributed by atoms with E-state index in [1.807, 2.05) is 35.2 Å². The summed E-state index contributed by atoms with van der Waals surface area (Å²) in [6.07, 6.45) is 0.190. The first-order chi connectivity index (χ1) is 13.9. The van der Waals surface area contributed by atoms with E-state index in [1.165, 1.54) is 18.9 Å². The fourth-order valence-corrected chi connectivity index (χ4v) is 7.77. The minimum absolute atomic E-state index is 0.0280. The highest BCUT2D eigenvalue weighted by molar-refractivity contribution is 8.16. The predicted octanol–water partition coefficient (Wildman–Crippen LogP) is 3.19. The summed E-state index contributed by atoms with van der Waals surface area (Å²) in [5, 5.41) is 0.760. The second-order valence-electron chi connectivity index (χ2n) is 6.94. The van der Waals surface area contributed by atoms with Crippen LogP contribution in [0.1, 0.15) is 5.56 Å². The summed E-state index contributed by atoms with van der Waals surface area (Å²) in [5.41, 5.74) is 1.57. The van der Waals surface area contributed by atoms with E-state index in [4.69, 9.17) is 16.3 Å². The van der Waals surface area contributed by atoms with Crippen LogP contribution in [0.3, 0.4) is 0 Å². The lowest BCUT2D eigenvalue weighted by Gasteiger charge is -2.25. The number of rotatable bonds is 4. The van der Waals surface area contributed by atoms with Crippen LogP contribution in [0.4, 0.5) is 5.69 Å².